The Morgan fingerprint density at radius 1 is 1.26 bits per heavy atom. The number of hydrogen-bond donors (Lipinski definition) is 1. The number of nitrogens with one attached hydrogen (secondary N) is 1. The Hall–Kier alpha value is -3.08. The highest BCUT2D eigenvalue weighted by atomic mass is 35.5. The summed E-state index contributed by atoms with van der Waals surface area (Å²) in [5, 5.41) is 4.01. The van der Waals surface area contributed by atoms with E-state index in [0.29, 0.717) is 36.6 Å². The van der Waals surface area contributed by atoms with E-state index < -0.39 is 5.97 Å². The van der Waals surface area contributed by atoms with E-state index in [9.17, 15) is 14.4 Å². The van der Waals surface area contributed by atoms with Crippen molar-refractivity contribution in [3.63, 3.8) is 0 Å². The van der Waals surface area contributed by atoms with Gasteiger partial charge in [-0.25, -0.2) is 9.78 Å². The van der Waals surface area contributed by atoms with Crippen molar-refractivity contribution in [2.24, 2.45) is 0 Å². The van der Waals surface area contributed by atoms with Crippen molar-refractivity contribution in [2.45, 2.75) is 32.1 Å². The van der Waals surface area contributed by atoms with Gasteiger partial charge in [-0.05, 0) is 43.2 Å². The lowest BCUT2D eigenvalue weighted by Gasteiger charge is -2.13. The Morgan fingerprint density at radius 2 is 2.06 bits per heavy atom. The smallest absolute Gasteiger partial charge is 0.348 e. The minimum atomic E-state index is -0.489. The van der Waals surface area contributed by atoms with Gasteiger partial charge in [0, 0.05) is 5.02 Å². The number of furan rings is 1. The maximum atomic E-state index is 13.6. The van der Waals surface area contributed by atoms with Crippen LogP contribution in [-0.4, -0.2) is 33.8 Å². The maximum Gasteiger partial charge on any atom is 0.348 e. The van der Waals surface area contributed by atoms with Crippen LogP contribution in [-0.2, 0) is 22.6 Å². The summed E-state index contributed by atoms with van der Waals surface area (Å²) in [6, 6.07) is 10.7. The number of nitrogens with zero attached hydrogens (tertiary/aromatic N) is 2. The summed E-state index contributed by atoms with van der Waals surface area (Å²) in [5.74, 6) is -0.0498. The SMILES string of the molecule is CCOC(=O)c1sc2nc(SCC(=O)NCc3ccco3)n(Cc3ccccc3Cl)c(=O)c2c1C. The molecular formula is C24H22ClN3O5S2. The summed E-state index contributed by atoms with van der Waals surface area (Å²) in [7, 11) is 0. The molecule has 35 heavy (non-hydrogen) atoms. The van der Waals surface area contributed by atoms with Gasteiger partial charge in [0.1, 0.15) is 15.5 Å². The number of carbonyl (C=O) groups excluding carboxylic acids is 2. The van der Waals surface area contributed by atoms with Gasteiger partial charge in [0.05, 0.1) is 37.1 Å². The Kier molecular flexibility index (Phi) is 7.94. The second kappa shape index (κ2) is 11.1. The fourth-order valence-corrected chi connectivity index (χ4v) is 5.56. The quantitative estimate of drug-likeness (QED) is 0.190. The average Bonchev–Trinajstić information content (AvgIpc) is 3.47. The molecule has 0 unspecified atom stereocenters. The number of thiophene rings is 1. The number of hydrogen-bond acceptors (Lipinski definition) is 8. The molecule has 3 aromatic heterocycles. The normalized spacial score (nSPS) is 11.1. The van der Waals surface area contributed by atoms with E-state index in [4.69, 9.17) is 20.8 Å². The van der Waals surface area contributed by atoms with Gasteiger partial charge in [0.2, 0.25) is 5.91 Å². The van der Waals surface area contributed by atoms with Gasteiger partial charge < -0.3 is 14.5 Å². The van der Waals surface area contributed by atoms with Crippen LogP contribution >= 0.6 is 34.7 Å². The van der Waals surface area contributed by atoms with Crippen molar-refractivity contribution in [1.82, 2.24) is 14.9 Å². The Bertz CT molecular complexity index is 1430. The largest absolute Gasteiger partial charge is 0.467 e. The van der Waals surface area contributed by atoms with Crippen LogP contribution in [0.4, 0.5) is 0 Å². The molecule has 182 valence electrons. The minimum Gasteiger partial charge on any atom is -0.467 e. The van der Waals surface area contributed by atoms with Crippen molar-refractivity contribution in [3.05, 3.63) is 79.8 Å². The molecular weight excluding hydrogens is 510 g/mol. The van der Waals surface area contributed by atoms with Gasteiger partial charge in [-0.3, -0.25) is 14.2 Å². The lowest BCUT2D eigenvalue weighted by Crippen LogP contribution is -2.27. The van der Waals surface area contributed by atoms with Crippen LogP contribution in [0.3, 0.4) is 0 Å². The summed E-state index contributed by atoms with van der Waals surface area (Å²) >= 11 is 8.60. The number of carbonyl (C=O) groups is 2. The zero-order chi connectivity index (χ0) is 24.9. The van der Waals surface area contributed by atoms with Crippen molar-refractivity contribution < 1.29 is 18.7 Å². The molecule has 0 saturated heterocycles. The van der Waals surface area contributed by atoms with Crippen LogP contribution in [0.2, 0.25) is 5.02 Å². The highest BCUT2D eigenvalue weighted by Gasteiger charge is 2.23. The Balaban J connectivity index is 1.69. The number of ether oxygens (including phenoxy) is 1. The standard InChI is InChI=1S/C24H22ClN3O5S2/c1-3-32-23(31)20-14(2)19-21(35-20)27-24(34-13-18(29)26-11-16-8-6-10-33-16)28(22(19)30)12-15-7-4-5-9-17(15)25/h4-10H,3,11-13H2,1-2H3,(H,26,29). The van der Waals surface area contributed by atoms with Crippen LogP contribution < -0.4 is 10.9 Å². The minimum absolute atomic E-state index is 0.0380. The molecule has 0 aliphatic rings. The van der Waals surface area contributed by atoms with Crippen LogP contribution in [0.5, 0.6) is 0 Å². The molecule has 0 radical (unpaired) electrons. The zero-order valence-electron chi connectivity index (χ0n) is 19.0. The molecule has 4 aromatic rings. The molecule has 0 aliphatic carbocycles. The van der Waals surface area contributed by atoms with Crippen molar-refractivity contribution in [1.29, 1.82) is 0 Å². The number of aromatic nitrogens is 2. The Morgan fingerprint density at radius 3 is 2.77 bits per heavy atom. The lowest BCUT2D eigenvalue weighted by atomic mass is 10.2. The molecule has 0 atom stereocenters. The molecule has 1 aromatic carbocycles. The molecule has 11 heteroatoms. The first-order valence-corrected chi connectivity index (χ1v) is 12.9. The number of esters is 1. The molecule has 1 amide bonds. The Labute approximate surface area is 214 Å². The fourth-order valence-electron chi connectivity index (χ4n) is 3.42. The van der Waals surface area contributed by atoms with Crippen LogP contribution in [0, 0.1) is 6.92 Å². The average molecular weight is 532 g/mol. The van der Waals surface area contributed by atoms with Crippen LogP contribution in [0.25, 0.3) is 10.2 Å². The number of fused-ring (bicyclic) bond motifs is 1. The van der Waals surface area contributed by atoms with Gasteiger partial charge >= 0.3 is 5.97 Å². The third-order valence-electron chi connectivity index (χ3n) is 5.13. The number of benzene rings is 1. The van der Waals surface area contributed by atoms with E-state index in [0.717, 1.165) is 28.7 Å². The summed E-state index contributed by atoms with van der Waals surface area (Å²) in [4.78, 5) is 43.9. The van der Waals surface area contributed by atoms with E-state index >= 15 is 0 Å². The van der Waals surface area contributed by atoms with E-state index in [2.05, 4.69) is 10.3 Å². The number of aryl methyl sites for hydroxylation is 1. The highest BCUT2D eigenvalue weighted by Crippen LogP contribution is 2.30. The number of rotatable bonds is 9. The topological polar surface area (TPSA) is 103 Å². The molecule has 3 heterocycles. The molecule has 0 saturated carbocycles. The first kappa shape index (κ1) is 25.0. The van der Waals surface area contributed by atoms with Gasteiger partial charge in [-0.15, -0.1) is 11.3 Å². The first-order valence-electron chi connectivity index (χ1n) is 10.7. The molecule has 0 spiro atoms. The van der Waals surface area contributed by atoms with Crippen LogP contribution in [0.15, 0.2) is 57.0 Å². The highest BCUT2D eigenvalue weighted by molar-refractivity contribution is 7.99. The number of amides is 1. The zero-order valence-corrected chi connectivity index (χ0v) is 21.4. The van der Waals surface area contributed by atoms with E-state index in [1.807, 2.05) is 18.2 Å². The lowest BCUT2D eigenvalue weighted by molar-refractivity contribution is -0.118. The molecule has 1 N–H and O–H groups in total. The molecule has 4 rings (SSSR count). The van der Waals surface area contributed by atoms with Crippen molar-refractivity contribution >= 4 is 56.8 Å². The molecule has 0 bridgehead atoms. The van der Waals surface area contributed by atoms with Crippen molar-refractivity contribution in [2.75, 3.05) is 12.4 Å². The van der Waals surface area contributed by atoms with E-state index in [1.54, 1.807) is 32.0 Å². The summed E-state index contributed by atoms with van der Waals surface area (Å²) in [5.41, 5.74) is 0.958. The number of halogens is 1. The second-order valence-electron chi connectivity index (χ2n) is 7.48. The summed E-state index contributed by atoms with van der Waals surface area (Å²) < 4.78 is 11.9. The molecule has 0 fully saturated rings. The number of thioether (sulfide) groups is 1. The van der Waals surface area contributed by atoms with Crippen molar-refractivity contribution in [3.8, 4) is 0 Å². The monoisotopic (exact) mass is 531 g/mol. The summed E-state index contributed by atoms with van der Waals surface area (Å²) in [6.45, 7) is 4.09. The third-order valence-corrected chi connectivity index (χ3v) is 7.65. The van der Waals surface area contributed by atoms with Gasteiger partial charge in [0.25, 0.3) is 5.56 Å². The van der Waals surface area contributed by atoms with Gasteiger partial charge in [-0.2, -0.15) is 0 Å². The van der Waals surface area contributed by atoms with Gasteiger partial charge in [0.15, 0.2) is 5.16 Å². The second-order valence-corrected chi connectivity index (χ2v) is 9.83. The summed E-state index contributed by atoms with van der Waals surface area (Å²) in [6.07, 6.45) is 1.54. The molecule has 0 aliphatic heterocycles. The predicted octanol–water partition coefficient (Wildman–Crippen LogP) is 4.65. The van der Waals surface area contributed by atoms with Crippen LogP contribution in [0.1, 0.15) is 33.5 Å². The molecule has 8 nitrogen and oxygen atoms in total. The third kappa shape index (κ3) is 5.61. The van der Waals surface area contributed by atoms with E-state index in [1.165, 1.54) is 10.8 Å². The first-order chi connectivity index (χ1) is 16.9. The van der Waals surface area contributed by atoms with Gasteiger partial charge in [-0.1, -0.05) is 41.6 Å². The predicted molar refractivity (Wildman–Crippen MR) is 136 cm³/mol. The van der Waals surface area contributed by atoms with E-state index in [-0.39, 0.29) is 36.9 Å². The fraction of sp³-hybridized carbons (Fsp3) is 0.250. The maximum absolute atomic E-state index is 13.6.